The van der Waals surface area contributed by atoms with Crippen LogP contribution in [0.25, 0.3) is 5.57 Å². The zero-order chi connectivity index (χ0) is 43.3. The average molecular weight is 843 g/mol. The lowest BCUT2D eigenvalue weighted by Crippen LogP contribution is -3.14. The van der Waals surface area contributed by atoms with Crippen LogP contribution in [0.5, 0.6) is 11.5 Å². The highest BCUT2D eigenvalue weighted by Gasteiger charge is 2.34. The van der Waals surface area contributed by atoms with Crippen molar-refractivity contribution >= 4 is 40.4 Å². The van der Waals surface area contributed by atoms with Crippen molar-refractivity contribution in [3.63, 3.8) is 0 Å². The van der Waals surface area contributed by atoms with Gasteiger partial charge in [0, 0.05) is 53.5 Å². The molecule has 3 aromatic carbocycles. The number of Topliss-reactive ketones (excluding diaryl/α,β-unsaturated/α-hetero) is 1. The van der Waals surface area contributed by atoms with Gasteiger partial charge in [-0.15, -0.1) is 0 Å². The molecule has 0 aliphatic heterocycles. The number of nitrogens with zero attached hydrogens (tertiary/aromatic N) is 1. The number of carboxylic acids is 2. The third-order valence-corrected chi connectivity index (χ3v) is 12.9. The lowest BCUT2D eigenvalue weighted by atomic mass is 9.80. The molecule has 0 radical (unpaired) electrons. The van der Waals surface area contributed by atoms with Gasteiger partial charge in [-0.2, -0.15) is 0 Å². The Morgan fingerprint density at radius 1 is 0.629 bits per heavy atom. The summed E-state index contributed by atoms with van der Waals surface area (Å²) in [6, 6.07) is 25.2. The number of ether oxygens (including phenoxy) is 2. The minimum Gasteiger partial charge on any atom is -0.871 e. The summed E-state index contributed by atoms with van der Waals surface area (Å²) in [5.74, 6) is -0.351. The van der Waals surface area contributed by atoms with E-state index in [1.165, 1.54) is 49.1 Å². The summed E-state index contributed by atoms with van der Waals surface area (Å²) >= 11 is 0. The second kappa shape index (κ2) is 22.0. The number of carbonyl (C=O) groups is 3. The van der Waals surface area contributed by atoms with Gasteiger partial charge in [-0.1, -0.05) is 55.7 Å². The number of carboxylic acid groups (broad SMARTS) is 2. The third-order valence-electron chi connectivity index (χ3n) is 12.9. The third kappa shape index (κ3) is 11.4. The van der Waals surface area contributed by atoms with Gasteiger partial charge in [-0.3, -0.25) is 19.3 Å². The standard InChI is InChI=1S/C52H62N2O8/c55-47(56)17-9-3-11-35-61-45-31-27-43(28-32-45)53(39-13-5-1-6-14-39)41-23-19-37(20-24-41)49-51(59)50(52(49)60)38-21-25-42(26-22-38)54(40-15-7-2-8-16-40)44-29-33-46(34-30-44)62-36-12-4-10-18-48(57)58/h19-34,39-41,59H,1-18,35-36H2,(H,55,56)(H,57,58). The van der Waals surface area contributed by atoms with Crippen molar-refractivity contribution in [2.45, 2.75) is 134 Å². The lowest BCUT2D eigenvalue weighted by molar-refractivity contribution is -0.874. The van der Waals surface area contributed by atoms with Gasteiger partial charge in [0.25, 0.3) is 0 Å². The molecule has 0 amide bonds. The largest absolute Gasteiger partial charge is 0.871 e. The van der Waals surface area contributed by atoms with E-state index in [9.17, 15) is 19.5 Å². The molecule has 2 saturated carbocycles. The first-order valence-corrected chi connectivity index (χ1v) is 23.0. The second-order valence-electron chi connectivity index (χ2n) is 17.2. The normalized spacial score (nSPS) is 18.7. The van der Waals surface area contributed by atoms with Crippen molar-refractivity contribution in [2.75, 3.05) is 18.1 Å². The molecule has 2 fully saturated rings. The first-order chi connectivity index (χ1) is 30.3. The van der Waals surface area contributed by atoms with Gasteiger partial charge in [0.15, 0.2) is 5.78 Å². The van der Waals surface area contributed by atoms with E-state index in [0.29, 0.717) is 49.3 Å². The van der Waals surface area contributed by atoms with Crippen LogP contribution in [-0.2, 0) is 14.4 Å². The summed E-state index contributed by atoms with van der Waals surface area (Å²) in [5.41, 5.74) is 5.08. The molecule has 3 aromatic rings. The molecular formula is C52H62N2O8. The molecule has 1 unspecified atom stereocenters. The Bertz CT molecular complexity index is 2090. The van der Waals surface area contributed by atoms with E-state index in [-0.39, 0.29) is 41.6 Å². The van der Waals surface area contributed by atoms with E-state index in [2.05, 4.69) is 41.3 Å². The number of quaternary nitrogens is 1. The molecule has 10 heteroatoms. The molecule has 0 saturated heterocycles. The number of anilines is 2. The van der Waals surface area contributed by atoms with Crippen LogP contribution >= 0.6 is 0 Å². The summed E-state index contributed by atoms with van der Waals surface area (Å²) < 4.78 is 11.9. The van der Waals surface area contributed by atoms with Crippen molar-refractivity contribution in [1.29, 1.82) is 0 Å². The van der Waals surface area contributed by atoms with Crippen LogP contribution in [-0.4, -0.2) is 59.3 Å². The van der Waals surface area contributed by atoms with Gasteiger partial charge in [0.05, 0.1) is 19.3 Å². The monoisotopic (exact) mass is 842 g/mol. The van der Waals surface area contributed by atoms with Crippen LogP contribution in [0.15, 0.2) is 114 Å². The number of carbonyl (C=O) groups excluding carboxylic acids is 1. The fourth-order valence-electron chi connectivity index (χ4n) is 9.58. The molecule has 10 nitrogen and oxygen atoms in total. The van der Waals surface area contributed by atoms with Gasteiger partial charge < -0.3 is 29.7 Å². The Labute approximate surface area is 366 Å². The van der Waals surface area contributed by atoms with Gasteiger partial charge in [0.2, 0.25) is 0 Å². The molecule has 4 aliphatic rings. The molecule has 0 bridgehead atoms. The van der Waals surface area contributed by atoms with Crippen molar-refractivity contribution in [3.05, 3.63) is 120 Å². The molecule has 1 atom stereocenters. The lowest BCUT2D eigenvalue weighted by Gasteiger charge is -2.37. The second-order valence-corrected chi connectivity index (χ2v) is 17.2. The van der Waals surface area contributed by atoms with E-state index in [4.69, 9.17) is 19.7 Å². The Morgan fingerprint density at radius 3 is 1.65 bits per heavy atom. The van der Waals surface area contributed by atoms with Gasteiger partial charge in [-0.05, 0) is 149 Å². The summed E-state index contributed by atoms with van der Waals surface area (Å²) in [5, 5.41) is 31.5. The maximum absolute atomic E-state index is 13.7. The molecule has 0 spiro atoms. The van der Waals surface area contributed by atoms with E-state index >= 15 is 0 Å². The van der Waals surface area contributed by atoms with E-state index < -0.39 is 11.9 Å². The fourth-order valence-corrected chi connectivity index (χ4v) is 9.58. The molecule has 0 heterocycles. The van der Waals surface area contributed by atoms with Crippen LogP contribution in [0.1, 0.15) is 121 Å². The van der Waals surface area contributed by atoms with Crippen LogP contribution in [0.2, 0.25) is 0 Å². The van der Waals surface area contributed by atoms with Gasteiger partial charge in [0.1, 0.15) is 23.2 Å². The van der Waals surface area contributed by atoms with Gasteiger partial charge in [-0.25, -0.2) is 0 Å². The first kappa shape index (κ1) is 44.4. The maximum atomic E-state index is 13.7. The summed E-state index contributed by atoms with van der Waals surface area (Å²) in [4.78, 5) is 39.0. The van der Waals surface area contributed by atoms with Crippen LogP contribution in [0, 0.1) is 0 Å². The number of rotatable bonds is 21. The fraction of sp³-hybridized carbons (Fsp3) is 0.442. The summed E-state index contributed by atoms with van der Waals surface area (Å²) in [7, 11) is 0. The van der Waals surface area contributed by atoms with Crippen molar-refractivity contribution in [1.82, 2.24) is 0 Å². The Kier molecular flexibility index (Phi) is 15.7. The highest BCUT2D eigenvalue weighted by Crippen LogP contribution is 2.40. The van der Waals surface area contributed by atoms with Crippen LogP contribution < -0.4 is 24.4 Å². The Morgan fingerprint density at radius 2 is 1.13 bits per heavy atom. The number of hydrogen-bond acceptors (Lipinski definition) is 7. The molecule has 7 rings (SSSR count). The number of hydrogen-bond donors (Lipinski definition) is 3. The zero-order valence-corrected chi connectivity index (χ0v) is 35.9. The predicted molar refractivity (Wildman–Crippen MR) is 240 cm³/mol. The highest BCUT2D eigenvalue weighted by atomic mass is 16.5. The molecule has 328 valence electrons. The number of ketones is 1. The number of unbranched alkanes of at least 4 members (excludes halogenated alkanes) is 4. The zero-order valence-electron chi connectivity index (χ0n) is 35.9. The highest BCUT2D eigenvalue weighted by molar-refractivity contribution is 6.39. The van der Waals surface area contributed by atoms with Crippen molar-refractivity contribution < 1.29 is 44.1 Å². The van der Waals surface area contributed by atoms with Crippen LogP contribution in [0.3, 0.4) is 0 Å². The topological polar surface area (TPSA) is 141 Å². The van der Waals surface area contributed by atoms with Crippen molar-refractivity contribution in [3.8, 4) is 11.5 Å². The van der Waals surface area contributed by atoms with E-state index in [1.54, 1.807) is 0 Å². The number of allylic oxidation sites excluding steroid dienone is 5. The average Bonchev–Trinajstić information content (AvgIpc) is 3.29. The molecule has 4 aliphatic carbocycles. The molecule has 0 aromatic heterocycles. The quantitative estimate of drug-likeness (QED) is 0.0708. The minimum atomic E-state index is -0.764. The molecule has 62 heavy (non-hydrogen) atoms. The maximum Gasteiger partial charge on any atom is 0.303 e. The first-order valence-electron chi connectivity index (χ1n) is 23.0. The van der Waals surface area contributed by atoms with Crippen molar-refractivity contribution in [2.24, 2.45) is 0 Å². The smallest absolute Gasteiger partial charge is 0.303 e. The number of aliphatic carboxylic acids is 2. The Hall–Kier alpha value is -5.61. The minimum absolute atomic E-state index is 0.0578. The van der Waals surface area contributed by atoms with E-state index in [1.807, 2.05) is 60.7 Å². The number of nitrogens with one attached hydrogen (secondary N) is 1. The van der Waals surface area contributed by atoms with Gasteiger partial charge >= 0.3 is 11.9 Å². The Balaban J connectivity index is 1.01. The van der Waals surface area contributed by atoms with Crippen LogP contribution in [0.4, 0.5) is 17.1 Å². The van der Waals surface area contributed by atoms with E-state index in [0.717, 1.165) is 74.2 Å². The molecule has 3 N–H and O–H groups in total. The molecular weight excluding hydrogens is 781 g/mol. The SMILES string of the molecule is O=C(O)CCCCCOc1ccc(N(c2ccc(C3=C([O-])C(=C4C=CC([NH+](c5ccc(OCCCCCC(=O)O)cc5)C5CCCCC5)C=C4)C3=O)cc2)C2CCCCC2)cc1. The summed E-state index contributed by atoms with van der Waals surface area (Å²) in [6.07, 6.45) is 24.9. The predicted octanol–water partition coefficient (Wildman–Crippen LogP) is 9.20. The summed E-state index contributed by atoms with van der Waals surface area (Å²) in [6.45, 7) is 1.10. The number of benzene rings is 3.